The van der Waals surface area contributed by atoms with Crippen LogP contribution < -0.4 is 10.6 Å². The Labute approximate surface area is 75.6 Å². The second kappa shape index (κ2) is 2.47. The molecule has 2 N–H and O–H groups in total. The van der Waals surface area contributed by atoms with Gasteiger partial charge in [0.1, 0.15) is 0 Å². The lowest BCUT2D eigenvalue weighted by molar-refractivity contribution is 0.710. The van der Waals surface area contributed by atoms with Crippen LogP contribution in [0.1, 0.15) is 5.56 Å². The lowest BCUT2D eigenvalue weighted by Crippen LogP contribution is -2.26. The minimum absolute atomic E-state index is 0.802. The van der Waals surface area contributed by atoms with E-state index in [-0.39, 0.29) is 0 Å². The van der Waals surface area contributed by atoms with Gasteiger partial charge in [0.25, 0.3) is 0 Å². The van der Waals surface area contributed by atoms with E-state index in [0.29, 0.717) is 0 Å². The Morgan fingerprint density at radius 2 is 2.38 bits per heavy atom. The molecule has 66 valence electrons. The minimum Gasteiger partial charge on any atom is -0.356 e. The maximum absolute atomic E-state index is 4.42. The van der Waals surface area contributed by atoms with Gasteiger partial charge in [0.2, 0.25) is 0 Å². The van der Waals surface area contributed by atoms with E-state index in [1.165, 1.54) is 11.1 Å². The summed E-state index contributed by atoms with van der Waals surface area (Å²) in [4.78, 5) is 0. The monoisotopic (exact) mass is 174 g/mol. The van der Waals surface area contributed by atoms with Crippen molar-refractivity contribution in [3.63, 3.8) is 0 Å². The highest BCUT2D eigenvalue weighted by molar-refractivity contribution is 5.65. The maximum Gasteiger partial charge on any atom is 0.154 e. The normalized spacial score (nSPS) is 15.4. The number of hydrogen-bond acceptors (Lipinski definition) is 3. The van der Waals surface area contributed by atoms with Crippen molar-refractivity contribution in [1.29, 1.82) is 0 Å². The van der Waals surface area contributed by atoms with Crippen LogP contribution in [0, 0.1) is 0 Å². The van der Waals surface area contributed by atoms with Crippen molar-refractivity contribution < 1.29 is 0 Å². The lowest BCUT2D eigenvalue weighted by Gasteiger charge is -2.12. The Balaban J connectivity index is 2.34. The summed E-state index contributed by atoms with van der Waals surface area (Å²) in [6, 6.07) is 6.10. The first-order valence-electron chi connectivity index (χ1n) is 4.36. The number of nitrogens with zero attached hydrogens (tertiary/aromatic N) is 2. The van der Waals surface area contributed by atoms with Crippen LogP contribution >= 0.6 is 0 Å². The standard InChI is InChI=1S/C9H10N4/c1-2-4-13-8(3-1)7-5-10-6-11-9(7)12-13/h1-4,10H,5-6H2,(H,11,12). The van der Waals surface area contributed by atoms with E-state index in [1.807, 2.05) is 22.8 Å². The van der Waals surface area contributed by atoms with Gasteiger partial charge < -0.3 is 5.32 Å². The summed E-state index contributed by atoms with van der Waals surface area (Å²) in [5, 5.41) is 10.9. The first-order valence-corrected chi connectivity index (χ1v) is 4.36. The fourth-order valence-electron chi connectivity index (χ4n) is 1.70. The quantitative estimate of drug-likeness (QED) is 0.621. The van der Waals surface area contributed by atoms with Crippen LogP contribution in [0.3, 0.4) is 0 Å². The fourth-order valence-corrected chi connectivity index (χ4v) is 1.70. The van der Waals surface area contributed by atoms with Gasteiger partial charge in [-0.3, -0.25) is 5.32 Å². The van der Waals surface area contributed by atoms with E-state index in [4.69, 9.17) is 0 Å². The molecule has 0 bridgehead atoms. The van der Waals surface area contributed by atoms with E-state index in [9.17, 15) is 0 Å². The third kappa shape index (κ3) is 0.922. The molecule has 0 aromatic carbocycles. The maximum atomic E-state index is 4.42. The van der Waals surface area contributed by atoms with Gasteiger partial charge in [0.15, 0.2) is 5.82 Å². The SMILES string of the molecule is c1ccn2nc3c(c2c1)CNCN3. The summed E-state index contributed by atoms with van der Waals surface area (Å²) < 4.78 is 1.91. The van der Waals surface area contributed by atoms with Crippen molar-refractivity contribution in [3.05, 3.63) is 30.0 Å². The molecule has 1 aliphatic rings. The molecule has 4 heteroatoms. The van der Waals surface area contributed by atoms with E-state index >= 15 is 0 Å². The van der Waals surface area contributed by atoms with Gasteiger partial charge in [0, 0.05) is 18.3 Å². The van der Waals surface area contributed by atoms with Crippen LogP contribution in [0.15, 0.2) is 24.4 Å². The zero-order valence-corrected chi connectivity index (χ0v) is 7.12. The largest absolute Gasteiger partial charge is 0.356 e. The van der Waals surface area contributed by atoms with Crippen LogP contribution in [0.2, 0.25) is 0 Å². The van der Waals surface area contributed by atoms with Gasteiger partial charge in [-0.2, -0.15) is 5.10 Å². The molecule has 0 spiro atoms. The fraction of sp³-hybridized carbons (Fsp3) is 0.222. The van der Waals surface area contributed by atoms with Crippen molar-refractivity contribution in [2.45, 2.75) is 6.54 Å². The molecule has 3 rings (SSSR count). The number of aromatic nitrogens is 2. The van der Waals surface area contributed by atoms with Gasteiger partial charge in [-0.25, -0.2) is 4.52 Å². The average Bonchev–Trinajstić information content (AvgIpc) is 2.56. The predicted molar refractivity (Wildman–Crippen MR) is 50.5 cm³/mol. The van der Waals surface area contributed by atoms with E-state index in [2.05, 4.69) is 21.8 Å². The summed E-state index contributed by atoms with van der Waals surface area (Å²) in [5.74, 6) is 1.00. The number of nitrogens with one attached hydrogen (secondary N) is 2. The lowest BCUT2D eigenvalue weighted by atomic mass is 10.2. The van der Waals surface area contributed by atoms with E-state index in [0.717, 1.165) is 19.0 Å². The van der Waals surface area contributed by atoms with Gasteiger partial charge >= 0.3 is 0 Å². The highest BCUT2D eigenvalue weighted by atomic mass is 15.3. The number of anilines is 1. The summed E-state index contributed by atoms with van der Waals surface area (Å²) in [6.45, 7) is 1.70. The topological polar surface area (TPSA) is 41.4 Å². The molecular formula is C9H10N4. The van der Waals surface area contributed by atoms with Crippen molar-refractivity contribution >= 4 is 11.3 Å². The molecule has 0 unspecified atom stereocenters. The molecule has 1 aliphatic heterocycles. The third-order valence-electron chi connectivity index (χ3n) is 2.32. The first-order chi connectivity index (χ1) is 6.45. The van der Waals surface area contributed by atoms with E-state index < -0.39 is 0 Å². The molecule has 0 fully saturated rings. The van der Waals surface area contributed by atoms with Gasteiger partial charge in [0.05, 0.1) is 12.2 Å². The Hall–Kier alpha value is -1.55. The van der Waals surface area contributed by atoms with E-state index in [1.54, 1.807) is 0 Å². The molecule has 0 saturated carbocycles. The predicted octanol–water partition coefficient (Wildman–Crippen LogP) is 0.807. The minimum atomic E-state index is 0.802. The van der Waals surface area contributed by atoms with Crippen LogP contribution in [-0.2, 0) is 6.54 Å². The van der Waals surface area contributed by atoms with Crippen molar-refractivity contribution in [3.8, 4) is 0 Å². The van der Waals surface area contributed by atoms with Crippen molar-refractivity contribution in [2.75, 3.05) is 12.0 Å². The Morgan fingerprint density at radius 3 is 3.38 bits per heavy atom. The smallest absolute Gasteiger partial charge is 0.154 e. The molecule has 0 amide bonds. The first kappa shape index (κ1) is 6.91. The van der Waals surface area contributed by atoms with Crippen molar-refractivity contribution in [2.24, 2.45) is 0 Å². The molecule has 4 nitrogen and oxygen atoms in total. The Kier molecular flexibility index (Phi) is 1.31. The number of fused-ring (bicyclic) bond motifs is 3. The van der Waals surface area contributed by atoms with Crippen LogP contribution in [-0.4, -0.2) is 16.3 Å². The van der Waals surface area contributed by atoms with Crippen LogP contribution in [0.25, 0.3) is 5.52 Å². The summed E-state index contributed by atoms with van der Waals surface area (Å²) in [5.41, 5.74) is 2.43. The molecule has 0 radical (unpaired) electrons. The highest BCUT2D eigenvalue weighted by Crippen LogP contribution is 2.21. The zero-order chi connectivity index (χ0) is 8.67. The second-order valence-corrected chi connectivity index (χ2v) is 3.14. The van der Waals surface area contributed by atoms with Crippen LogP contribution in [0.5, 0.6) is 0 Å². The third-order valence-corrected chi connectivity index (χ3v) is 2.32. The molecule has 2 aromatic heterocycles. The molecule has 2 aromatic rings. The molecule has 13 heavy (non-hydrogen) atoms. The summed E-state index contributed by atoms with van der Waals surface area (Å²) in [7, 11) is 0. The van der Waals surface area contributed by atoms with Gasteiger partial charge in [-0.15, -0.1) is 0 Å². The number of rotatable bonds is 0. The number of pyridine rings is 1. The molecule has 3 heterocycles. The summed E-state index contributed by atoms with van der Waals surface area (Å²) >= 11 is 0. The number of hydrogen-bond donors (Lipinski definition) is 2. The Morgan fingerprint density at radius 1 is 1.38 bits per heavy atom. The average molecular weight is 174 g/mol. The Bertz CT molecular complexity index is 446. The molecule has 0 atom stereocenters. The highest BCUT2D eigenvalue weighted by Gasteiger charge is 2.14. The van der Waals surface area contributed by atoms with Crippen LogP contribution in [0.4, 0.5) is 5.82 Å². The van der Waals surface area contributed by atoms with Gasteiger partial charge in [-0.1, -0.05) is 6.07 Å². The molecule has 0 saturated heterocycles. The van der Waals surface area contributed by atoms with Crippen molar-refractivity contribution in [1.82, 2.24) is 14.9 Å². The second-order valence-electron chi connectivity index (χ2n) is 3.14. The van der Waals surface area contributed by atoms with Gasteiger partial charge in [-0.05, 0) is 12.1 Å². The molecule has 0 aliphatic carbocycles. The zero-order valence-electron chi connectivity index (χ0n) is 7.12. The molecular weight excluding hydrogens is 164 g/mol. The summed E-state index contributed by atoms with van der Waals surface area (Å²) in [6.07, 6.45) is 1.97.